The van der Waals surface area contributed by atoms with Crippen molar-refractivity contribution in [3.8, 4) is 6.07 Å². The zero-order chi connectivity index (χ0) is 16.6. The maximum absolute atomic E-state index is 11.8. The van der Waals surface area contributed by atoms with Gasteiger partial charge in [-0.2, -0.15) is 5.26 Å². The van der Waals surface area contributed by atoms with Crippen molar-refractivity contribution in [3.05, 3.63) is 29.8 Å². The Morgan fingerprint density at radius 2 is 2.00 bits per heavy atom. The fourth-order valence-electron chi connectivity index (χ4n) is 1.93. The second-order valence-corrected chi connectivity index (χ2v) is 6.27. The Hall–Kier alpha value is -2.06. The molecule has 1 aromatic carbocycles. The van der Waals surface area contributed by atoms with Gasteiger partial charge in [0.25, 0.3) is 0 Å². The number of aliphatic hydroxyl groups is 1. The summed E-state index contributed by atoms with van der Waals surface area (Å²) < 4.78 is 0. The summed E-state index contributed by atoms with van der Waals surface area (Å²) in [6.45, 7) is 6.14. The minimum atomic E-state index is -0.905. The molecule has 0 radical (unpaired) electrons. The molecule has 2 amide bonds. The average Bonchev–Trinajstić information content (AvgIpc) is 2.46. The third-order valence-corrected chi connectivity index (χ3v) is 3.39. The monoisotopic (exact) mass is 303 g/mol. The van der Waals surface area contributed by atoms with Gasteiger partial charge < -0.3 is 15.7 Å². The van der Waals surface area contributed by atoms with E-state index >= 15 is 0 Å². The first-order valence-corrected chi connectivity index (χ1v) is 7.55. The Kier molecular flexibility index (Phi) is 6.87. The van der Waals surface area contributed by atoms with Crippen LogP contribution >= 0.6 is 0 Å². The van der Waals surface area contributed by atoms with E-state index in [1.165, 1.54) is 0 Å². The SMILES string of the molecule is CC(C)CCC(C)(O)CNC(=O)Nc1ccc(CC#N)cc1. The summed E-state index contributed by atoms with van der Waals surface area (Å²) in [7, 11) is 0. The van der Waals surface area contributed by atoms with Crippen molar-refractivity contribution in [2.24, 2.45) is 5.92 Å². The number of nitrogens with one attached hydrogen (secondary N) is 2. The summed E-state index contributed by atoms with van der Waals surface area (Å²) in [6, 6.07) is 8.84. The first-order valence-electron chi connectivity index (χ1n) is 7.55. The number of nitrogens with zero attached hydrogens (tertiary/aromatic N) is 1. The number of carbonyl (C=O) groups is 1. The summed E-state index contributed by atoms with van der Waals surface area (Å²) in [5.74, 6) is 0.521. The van der Waals surface area contributed by atoms with Crippen LogP contribution in [0.4, 0.5) is 10.5 Å². The molecule has 0 spiro atoms. The number of urea groups is 1. The van der Waals surface area contributed by atoms with Crippen LogP contribution in [0.5, 0.6) is 0 Å². The lowest BCUT2D eigenvalue weighted by Gasteiger charge is -2.24. The Morgan fingerprint density at radius 1 is 1.36 bits per heavy atom. The molecule has 0 heterocycles. The minimum absolute atomic E-state index is 0.206. The smallest absolute Gasteiger partial charge is 0.319 e. The molecule has 0 aliphatic carbocycles. The van der Waals surface area contributed by atoms with Crippen LogP contribution in [-0.4, -0.2) is 23.3 Å². The van der Waals surface area contributed by atoms with Crippen LogP contribution in [0.25, 0.3) is 0 Å². The summed E-state index contributed by atoms with van der Waals surface area (Å²) in [5.41, 5.74) is 0.657. The van der Waals surface area contributed by atoms with E-state index in [0.717, 1.165) is 12.0 Å². The molecule has 0 aliphatic heterocycles. The van der Waals surface area contributed by atoms with Crippen molar-refractivity contribution >= 4 is 11.7 Å². The molecule has 5 heteroatoms. The van der Waals surface area contributed by atoms with E-state index in [1.807, 2.05) is 0 Å². The van der Waals surface area contributed by atoms with Gasteiger partial charge in [-0.3, -0.25) is 0 Å². The number of anilines is 1. The topological polar surface area (TPSA) is 85.2 Å². The first-order chi connectivity index (χ1) is 10.3. The molecule has 1 aromatic rings. The largest absolute Gasteiger partial charge is 0.388 e. The summed E-state index contributed by atoms with van der Waals surface area (Å²) in [4.78, 5) is 11.8. The van der Waals surface area contributed by atoms with Gasteiger partial charge in [0, 0.05) is 12.2 Å². The van der Waals surface area contributed by atoms with Crippen molar-refractivity contribution < 1.29 is 9.90 Å². The Labute approximate surface area is 132 Å². The van der Waals surface area contributed by atoms with Crippen LogP contribution in [0, 0.1) is 17.2 Å². The van der Waals surface area contributed by atoms with Crippen LogP contribution < -0.4 is 10.6 Å². The Balaban J connectivity index is 2.41. The molecule has 1 atom stereocenters. The van der Waals surface area contributed by atoms with Gasteiger partial charge in [0.1, 0.15) is 0 Å². The summed E-state index contributed by atoms with van der Waals surface area (Å²) in [5, 5.41) is 24.2. The quantitative estimate of drug-likeness (QED) is 0.723. The standard InChI is InChI=1S/C17H25N3O2/c1-13(2)8-10-17(3,22)12-19-16(21)20-15-6-4-14(5-7-15)9-11-18/h4-7,13,22H,8-10,12H2,1-3H3,(H2,19,20,21). The third-order valence-electron chi connectivity index (χ3n) is 3.39. The lowest BCUT2D eigenvalue weighted by molar-refractivity contribution is 0.0481. The molecule has 3 N–H and O–H groups in total. The molecule has 22 heavy (non-hydrogen) atoms. The van der Waals surface area contributed by atoms with Crippen molar-refractivity contribution in [2.75, 3.05) is 11.9 Å². The summed E-state index contributed by atoms with van der Waals surface area (Å²) in [6.07, 6.45) is 1.91. The molecule has 5 nitrogen and oxygen atoms in total. The van der Waals surface area contributed by atoms with Gasteiger partial charge in [-0.25, -0.2) is 4.79 Å². The predicted octanol–water partition coefficient (Wildman–Crippen LogP) is 3.06. The average molecular weight is 303 g/mol. The van der Waals surface area contributed by atoms with E-state index in [0.29, 0.717) is 24.4 Å². The predicted molar refractivity (Wildman–Crippen MR) is 87.5 cm³/mol. The van der Waals surface area contributed by atoms with Gasteiger partial charge in [-0.05, 0) is 43.4 Å². The highest BCUT2D eigenvalue weighted by molar-refractivity contribution is 5.89. The molecule has 0 aromatic heterocycles. The van der Waals surface area contributed by atoms with Gasteiger partial charge in [-0.1, -0.05) is 26.0 Å². The number of rotatable bonds is 7. The fourth-order valence-corrected chi connectivity index (χ4v) is 1.93. The van der Waals surface area contributed by atoms with Crippen LogP contribution in [0.2, 0.25) is 0 Å². The summed E-state index contributed by atoms with van der Waals surface area (Å²) >= 11 is 0. The number of hydrogen-bond acceptors (Lipinski definition) is 3. The highest BCUT2D eigenvalue weighted by Gasteiger charge is 2.21. The number of carbonyl (C=O) groups excluding carboxylic acids is 1. The minimum Gasteiger partial charge on any atom is -0.388 e. The van der Waals surface area contributed by atoms with Gasteiger partial charge in [0.05, 0.1) is 18.1 Å². The van der Waals surface area contributed by atoms with E-state index in [9.17, 15) is 9.90 Å². The highest BCUT2D eigenvalue weighted by atomic mass is 16.3. The Morgan fingerprint density at radius 3 is 2.55 bits per heavy atom. The van der Waals surface area contributed by atoms with Crippen molar-refractivity contribution in [1.29, 1.82) is 5.26 Å². The molecule has 0 saturated carbocycles. The molecular formula is C17H25N3O2. The van der Waals surface area contributed by atoms with E-state index in [4.69, 9.17) is 5.26 Å². The molecular weight excluding hydrogens is 278 g/mol. The lowest BCUT2D eigenvalue weighted by atomic mass is 9.95. The maximum atomic E-state index is 11.8. The lowest BCUT2D eigenvalue weighted by Crippen LogP contribution is -2.42. The third kappa shape index (κ3) is 7.09. The molecule has 0 fully saturated rings. The van der Waals surface area contributed by atoms with E-state index in [2.05, 4.69) is 30.6 Å². The molecule has 0 bridgehead atoms. The van der Waals surface area contributed by atoms with Gasteiger partial charge >= 0.3 is 6.03 Å². The van der Waals surface area contributed by atoms with Crippen molar-refractivity contribution in [1.82, 2.24) is 5.32 Å². The zero-order valence-corrected chi connectivity index (χ0v) is 13.5. The van der Waals surface area contributed by atoms with E-state index in [-0.39, 0.29) is 12.6 Å². The van der Waals surface area contributed by atoms with E-state index < -0.39 is 5.60 Å². The second-order valence-electron chi connectivity index (χ2n) is 6.27. The number of nitriles is 1. The molecule has 0 aliphatic rings. The molecule has 0 saturated heterocycles. The molecule has 120 valence electrons. The van der Waals surface area contributed by atoms with Crippen LogP contribution in [0.3, 0.4) is 0 Å². The van der Waals surface area contributed by atoms with Gasteiger partial charge in [-0.15, -0.1) is 0 Å². The van der Waals surface area contributed by atoms with E-state index in [1.54, 1.807) is 31.2 Å². The fraction of sp³-hybridized carbons (Fsp3) is 0.529. The number of benzene rings is 1. The van der Waals surface area contributed by atoms with Crippen molar-refractivity contribution in [2.45, 2.75) is 45.6 Å². The zero-order valence-electron chi connectivity index (χ0n) is 13.5. The van der Waals surface area contributed by atoms with Crippen LogP contribution in [0.15, 0.2) is 24.3 Å². The molecule has 1 unspecified atom stereocenters. The Bertz CT molecular complexity index is 516. The van der Waals surface area contributed by atoms with Gasteiger partial charge in [0.2, 0.25) is 0 Å². The van der Waals surface area contributed by atoms with Crippen LogP contribution in [-0.2, 0) is 6.42 Å². The van der Waals surface area contributed by atoms with Crippen LogP contribution in [0.1, 0.15) is 39.2 Å². The highest BCUT2D eigenvalue weighted by Crippen LogP contribution is 2.15. The number of amides is 2. The van der Waals surface area contributed by atoms with Crippen molar-refractivity contribution in [3.63, 3.8) is 0 Å². The van der Waals surface area contributed by atoms with Gasteiger partial charge in [0.15, 0.2) is 0 Å². The normalized spacial score (nSPS) is 13.3. The second kappa shape index (κ2) is 8.40. The molecule has 1 rings (SSSR count). The number of hydrogen-bond donors (Lipinski definition) is 3. The first kappa shape index (κ1) is 18.0. The maximum Gasteiger partial charge on any atom is 0.319 e.